The molecule has 1 aromatic heterocycles. The van der Waals surface area contributed by atoms with E-state index in [1.54, 1.807) is 0 Å². The van der Waals surface area contributed by atoms with E-state index in [4.69, 9.17) is 4.74 Å². The highest BCUT2D eigenvalue weighted by Gasteiger charge is 2.15. The van der Waals surface area contributed by atoms with Gasteiger partial charge in [-0.15, -0.1) is 0 Å². The summed E-state index contributed by atoms with van der Waals surface area (Å²) in [7, 11) is 0. The van der Waals surface area contributed by atoms with Gasteiger partial charge in [0, 0.05) is 18.5 Å². The van der Waals surface area contributed by atoms with Crippen molar-refractivity contribution < 1.29 is 14.3 Å². The minimum atomic E-state index is -0.303. The number of fused-ring (bicyclic) bond motifs is 1. The minimum absolute atomic E-state index is 0.0972. The molecule has 0 unspecified atom stereocenters. The van der Waals surface area contributed by atoms with Gasteiger partial charge in [0.15, 0.2) is 0 Å². The quantitative estimate of drug-likeness (QED) is 0.640. The van der Waals surface area contributed by atoms with Gasteiger partial charge in [-0.2, -0.15) is 0 Å². The van der Waals surface area contributed by atoms with Crippen LogP contribution < -0.4 is 5.32 Å². The van der Waals surface area contributed by atoms with Gasteiger partial charge >= 0.3 is 5.97 Å². The van der Waals surface area contributed by atoms with Crippen molar-refractivity contribution in [2.24, 2.45) is 0 Å². The van der Waals surface area contributed by atoms with E-state index in [9.17, 15) is 9.59 Å². The van der Waals surface area contributed by atoms with Gasteiger partial charge in [0.25, 0.3) is 5.91 Å². The Balaban J connectivity index is 1.71. The lowest BCUT2D eigenvalue weighted by molar-refractivity contribution is -0.148. The van der Waals surface area contributed by atoms with Crippen LogP contribution >= 0.6 is 0 Å². The number of nitrogens with one attached hydrogen (secondary N) is 1. The Labute approximate surface area is 164 Å². The molecule has 0 atom stereocenters. The second-order valence-electron chi connectivity index (χ2n) is 7.01. The number of imidazole rings is 1. The predicted octanol–water partition coefficient (Wildman–Crippen LogP) is 3.27. The van der Waals surface area contributed by atoms with Gasteiger partial charge in [0.05, 0.1) is 17.1 Å². The van der Waals surface area contributed by atoms with E-state index in [0.717, 1.165) is 22.4 Å². The molecule has 2 aromatic carbocycles. The van der Waals surface area contributed by atoms with Crippen LogP contribution in [0, 0.1) is 6.92 Å². The average molecular weight is 379 g/mol. The molecule has 6 heteroatoms. The lowest BCUT2D eigenvalue weighted by Crippen LogP contribution is -2.27. The molecule has 6 nitrogen and oxygen atoms in total. The predicted molar refractivity (Wildman–Crippen MR) is 108 cm³/mol. The van der Waals surface area contributed by atoms with Gasteiger partial charge in [-0.1, -0.05) is 29.8 Å². The van der Waals surface area contributed by atoms with Gasteiger partial charge in [-0.05, 0) is 45.0 Å². The van der Waals surface area contributed by atoms with Crippen molar-refractivity contribution in [1.29, 1.82) is 0 Å². The number of hydrogen-bond acceptors (Lipinski definition) is 4. The topological polar surface area (TPSA) is 73.2 Å². The van der Waals surface area contributed by atoms with Gasteiger partial charge < -0.3 is 14.6 Å². The molecule has 0 spiro atoms. The molecule has 3 aromatic rings. The molecule has 1 N–H and O–H groups in total. The zero-order chi connectivity index (χ0) is 20.1. The first-order valence-corrected chi connectivity index (χ1v) is 9.42. The molecule has 3 rings (SSSR count). The third-order valence-electron chi connectivity index (χ3n) is 4.34. The van der Waals surface area contributed by atoms with E-state index < -0.39 is 0 Å². The van der Waals surface area contributed by atoms with Crippen molar-refractivity contribution in [2.45, 2.75) is 39.8 Å². The summed E-state index contributed by atoms with van der Waals surface area (Å²) in [6.07, 6.45) is 0.348. The number of amides is 1. The molecule has 0 radical (unpaired) electrons. The Kier molecular flexibility index (Phi) is 6.09. The molecular formula is C22H25N3O3. The summed E-state index contributed by atoms with van der Waals surface area (Å²) in [5.74, 6) is 0.316. The van der Waals surface area contributed by atoms with Crippen LogP contribution in [-0.2, 0) is 22.5 Å². The number of esters is 1. The van der Waals surface area contributed by atoms with Crippen LogP contribution in [0.15, 0.2) is 48.5 Å². The first-order chi connectivity index (χ1) is 13.4. The SMILES string of the molecule is Cc1ccc(C(=O)NCCc2nc3ccccc3n2CC(=O)OC(C)C)cc1. The summed E-state index contributed by atoms with van der Waals surface area (Å²) in [5, 5.41) is 2.92. The fourth-order valence-corrected chi connectivity index (χ4v) is 3.02. The lowest BCUT2D eigenvalue weighted by atomic mass is 10.1. The largest absolute Gasteiger partial charge is 0.462 e. The Morgan fingerprint density at radius 3 is 2.54 bits per heavy atom. The molecular weight excluding hydrogens is 354 g/mol. The molecule has 28 heavy (non-hydrogen) atoms. The molecule has 0 saturated heterocycles. The van der Waals surface area contributed by atoms with Crippen molar-refractivity contribution >= 4 is 22.9 Å². The molecule has 1 heterocycles. The monoisotopic (exact) mass is 379 g/mol. The highest BCUT2D eigenvalue weighted by atomic mass is 16.5. The van der Waals surface area contributed by atoms with Crippen LogP contribution in [0.25, 0.3) is 11.0 Å². The maximum Gasteiger partial charge on any atom is 0.326 e. The molecule has 1 amide bonds. The Bertz CT molecular complexity index is 974. The number of para-hydroxylation sites is 2. The lowest BCUT2D eigenvalue weighted by Gasteiger charge is -2.12. The normalized spacial score (nSPS) is 11.0. The van der Waals surface area contributed by atoms with Crippen molar-refractivity contribution in [2.75, 3.05) is 6.54 Å². The highest BCUT2D eigenvalue weighted by Crippen LogP contribution is 2.17. The van der Waals surface area contributed by atoms with E-state index in [0.29, 0.717) is 18.5 Å². The number of carbonyl (C=O) groups excluding carboxylic acids is 2. The van der Waals surface area contributed by atoms with Crippen LogP contribution in [0.3, 0.4) is 0 Å². The summed E-state index contributed by atoms with van der Waals surface area (Å²) in [6.45, 7) is 6.16. The van der Waals surface area contributed by atoms with Crippen LogP contribution in [0.2, 0.25) is 0 Å². The summed E-state index contributed by atoms with van der Waals surface area (Å²) >= 11 is 0. The van der Waals surface area contributed by atoms with Gasteiger partial charge in [0.2, 0.25) is 0 Å². The van der Waals surface area contributed by atoms with Crippen LogP contribution in [0.4, 0.5) is 0 Å². The van der Waals surface area contributed by atoms with Crippen LogP contribution in [-0.4, -0.2) is 34.1 Å². The van der Waals surface area contributed by atoms with E-state index in [-0.39, 0.29) is 24.5 Å². The van der Waals surface area contributed by atoms with Crippen LogP contribution in [0.1, 0.15) is 35.6 Å². The third kappa shape index (κ3) is 4.76. The maximum absolute atomic E-state index is 12.3. The standard InChI is InChI=1S/C22H25N3O3/c1-15(2)28-21(26)14-25-19-7-5-4-6-18(19)24-20(25)12-13-23-22(27)17-10-8-16(3)9-11-17/h4-11,15H,12-14H2,1-3H3,(H,23,27). The molecule has 0 aliphatic rings. The van der Waals surface area contributed by atoms with Gasteiger partial charge in [0.1, 0.15) is 12.4 Å². The van der Waals surface area contributed by atoms with E-state index in [1.807, 2.05) is 73.9 Å². The van der Waals surface area contributed by atoms with E-state index in [1.165, 1.54) is 0 Å². The van der Waals surface area contributed by atoms with Crippen molar-refractivity contribution in [3.05, 3.63) is 65.5 Å². The smallest absolute Gasteiger partial charge is 0.326 e. The Hall–Kier alpha value is -3.15. The maximum atomic E-state index is 12.3. The van der Waals surface area contributed by atoms with E-state index in [2.05, 4.69) is 10.3 Å². The average Bonchev–Trinajstić information content (AvgIpc) is 2.99. The zero-order valence-electron chi connectivity index (χ0n) is 16.4. The van der Waals surface area contributed by atoms with Gasteiger partial charge in [-0.3, -0.25) is 9.59 Å². The van der Waals surface area contributed by atoms with E-state index >= 15 is 0 Å². The number of nitrogens with zero attached hydrogens (tertiary/aromatic N) is 2. The number of aryl methyl sites for hydroxylation is 1. The minimum Gasteiger partial charge on any atom is -0.462 e. The summed E-state index contributed by atoms with van der Waals surface area (Å²) in [6, 6.07) is 15.1. The number of benzene rings is 2. The number of carbonyl (C=O) groups is 2. The number of hydrogen-bond donors (Lipinski definition) is 1. The number of rotatable bonds is 7. The zero-order valence-corrected chi connectivity index (χ0v) is 16.4. The molecule has 0 aliphatic heterocycles. The summed E-state index contributed by atoms with van der Waals surface area (Å²) in [5.41, 5.74) is 3.43. The second kappa shape index (κ2) is 8.69. The number of ether oxygens (including phenoxy) is 1. The number of aromatic nitrogens is 2. The third-order valence-corrected chi connectivity index (χ3v) is 4.34. The first-order valence-electron chi connectivity index (χ1n) is 9.42. The fourth-order valence-electron chi connectivity index (χ4n) is 3.02. The highest BCUT2D eigenvalue weighted by molar-refractivity contribution is 5.94. The molecule has 0 fully saturated rings. The summed E-state index contributed by atoms with van der Waals surface area (Å²) < 4.78 is 7.14. The Morgan fingerprint density at radius 2 is 1.82 bits per heavy atom. The molecule has 146 valence electrons. The van der Waals surface area contributed by atoms with Crippen LogP contribution in [0.5, 0.6) is 0 Å². The first kappa shape index (κ1) is 19.6. The van der Waals surface area contributed by atoms with Gasteiger partial charge in [-0.25, -0.2) is 4.98 Å². The second-order valence-corrected chi connectivity index (χ2v) is 7.01. The Morgan fingerprint density at radius 1 is 1.11 bits per heavy atom. The van der Waals surface area contributed by atoms with Crippen molar-refractivity contribution in [3.63, 3.8) is 0 Å². The molecule has 0 aliphatic carbocycles. The molecule has 0 bridgehead atoms. The van der Waals surface area contributed by atoms with Crippen molar-refractivity contribution in [1.82, 2.24) is 14.9 Å². The molecule has 0 saturated carbocycles. The summed E-state index contributed by atoms with van der Waals surface area (Å²) in [4.78, 5) is 29.1. The van der Waals surface area contributed by atoms with Crippen molar-refractivity contribution in [3.8, 4) is 0 Å². The fraction of sp³-hybridized carbons (Fsp3) is 0.318.